The lowest BCUT2D eigenvalue weighted by atomic mass is 9.40. The molecule has 2 unspecified atom stereocenters. The maximum atomic E-state index is 13.1. The van der Waals surface area contributed by atoms with E-state index in [1.54, 1.807) is 5.06 Å². The first-order chi connectivity index (χ1) is 9.42. The molecule has 5 aliphatic rings. The molecule has 1 saturated heterocycles. The van der Waals surface area contributed by atoms with Gasteiger partial charge in [-0.15, -0.1) is 0 Å². The molecule has 0 radical (unpaired) electrons. The van der Waals surface area contributed by atoms with Gasteiger partial charge in [0.05, 0.1) is 12.0 Å². The van der Waals surface area contributed by atoms with Gasteiger partial charge in [0.2, 0.25) is 0 Å². The van der Waals surface area contributed by atoms with Crippen LogP contribution in [-0.2, 0) is 9.63 Å². The molecule has 4 bridgehead atoms. The van der Waals surface area contributed by atoms with E-state index in [1.165, 1.54) is 19.3 Å². The first-order valence-electron chi connectivity index (χ1n) is 8.37. The highest BCUT2D eigenvalue weighted by atomic mass is 16.7. The van der Waals surface area contributed by atoms with Crippen molar-refractivity contribution < 1.29 is 9.63 Å². The highest BCUT2D eigenvalue weighted by Gasteiger charge is 2.63. The Morgan fingerprint density at radius 1 is 1.05 bits per heavy atom. The normalized spacial score (nSPS) is 50.5. The molecule has 3 heteroatoms. The third kappa shape index (κ3) is 1.85. The van der Waals surface area contributed by atoms with Crippen molar-refractivity contribution in [2.24, 2.45) is 22.2 Å². The molecule has 112 valence electrons. The zero-order valence-electron chi connectivity index (χ0n) is 12.9. The third-order valence-electron chi connectivity index (χ3n) is 6.31. The van der Waals surface area contributed by atoms with E-state index in [4.69, 9.17) is 4.84 Å². The summed E-state index contributed by atoms with van der Waals surface area (Å²) in [5, 5.41) is 1.73. The SMILES string of the molecule is CC12CC3CC(C)(C1)CC(C(=O)N1CCCCO1)(C3)C2. The highest BCUT2D eigenvalue weighted by Crippen LogP contribution is 2.69. The number of nitrogens with zero attached hydrogens (tertiary/aromatic N) is 1. The van der Waals surface area contributed by atoms with Crippen LogP contribution in [0.2, 0.25) is 0 Å². The van der Waals surface area contributed by atoms with Gasteiger partial charge in [-0.05, 0) is 68.1 Å². The number of hydroxylamine groups is 2. The summed E-state index contributed by atoms with van der Waals surface area (Å²) >= 11 is 0. The molecule has 0 spiro atoms. The molecule has 5 fully saturated rings. The van der Waals surface area contributed by atoms with Crippen molar-refractivity contribution in [2.75, 3.05) is 13.2 Å². The molecule has 4 saturated carbocycles. The van der Waals surface area contributed by atoms with Gasteiger partial charge >= 0.3 is 0 Å². The Balaban J connectivity index is 1.64. The minimum absolute atomic E-state index is 0.0970. The van der Waals surface area contributed by atoms with Crippen LogP contribution in [0.15, 0.2) is 0 Å². The molecule has 4 aliphatic carbocycles. The molecule has 1 amide bonds. The van der Waals surface area contributed by atoms with Crippen molar-refractivity contribution in [2.45, 2.75) is 65.2 Å². The Kier molecular flexibility index (Phi) is 2.62. The molecular weight excluding hydrogens is 250 g/mol. The lowest BCUT2D eigenvalue weighted by Crippen LogP contribution is -2.60. The maximum Gasteiger partial charge on any atom is 0.252 e. The molecule has 0 aromatic carbocycles. The summed E-state index contributed by atoms with van der Waals surface area (Å²) in [7, 11) is 0. The second-order valence-electron chi connectivity index (χ2n) is 8.86. The molecule has 5 rings (SSSR count). The van der Waals surface area contributed by atoms with Crippen molar-refractivity contribution in [3.63, 3.8) is 0 Å². The predicted octanol–water partition coefficient (Wildman–Crippen LogP) is 3.54. The van der Waals surface area contributed by atoms with Crippen LogP contribution in [0.25, 0.3) is 0 Å². The van der Waals surface area contributed by atoms with E-state index in [-0.39, 0.29) is 5.41 Å². The molecule has 1 aliphatic heterocycles. The van der Waals surface area contributed by atoms with E-state index in [0.717, 1.165) is 51.2 Å². The largest absolute Gasteiger partial charge is 0.272 e. The summed E-state index contributed by atoms with van der Waals surface area (Å²) in [5.41, 5.74) is 0.708. The van der Waals surface area contributed by atoms with Crippen molar-refractivity contribution in [3.8, 4) is 0 Å². The van der Waals surface area contributed by atoms with Crippen LogP contribution in [0.1, 0.15) is 65.2 Å². The zero-order chi connectivity index (χ0) is 14.0. The number of carbonyl (C=O) groups is 1. The van der Waals surface area contributed by atoms with Crippen molar-refractivity contribution >= 4 is 5.91 Å². The van der Waals surface area contributed by atoms with Gasteiger partial charge in [0.15, 0.2) is 0 Å². The number of hydrogen-bond acceptors (Lipinski definition) is 2. The summed E-state index contributed by atoms with van der Waals surface area (Å²) in [6, 6.07) is 0. The van der Waals surface area contributed by atoms with Gasteiger partial charge in [-0.2, -0.15) is 0 Å². The van der Waals surface area contributed by atoms with Gasteiger partial charge in [-0.3, -0.25) is 9.63 Å². The van der Waals surface area contributed by atoms with Crippen molar-refractivity contribution in [1.82, 2.24) is 5.06 Å². The Morgan fingerprint density at radius 3 is 2.30 bits per heavy atom. The summed E-state index contributed by atoms with van der Waals surface area (Å²) in [5.74, 6) is 1.09. The number of carbonyl (C=O) groups excluding carboxylic acids is 1. The van der Waals surface area contributed by atoms with Crippen LogP contribution in [0.5, 0.6) is 0 Å². The first kappa shape index (κ1) is 13.1. The van der Waals surface area contributed by atoms with Crippen LogP contribution in [0.3, 0.4) is 0 Å². The monoisotopic (exact) mass is 277 g/mol. The zero-order valence-corrected chi connectivity index (χ0v) is 12.9. The van der Waals surface area contributed by atoms with Gasteiger partial charge in [0.1, 0.15) is 0 Å². The van der Waals surface area contributed by atoms with Crippen LogP contribution in [-0.4, -0.2) is 24.1 Å². The minimum atomic E-state index is -0.0970. The summed E-state index contributed by atoms with van der Waals surface area (Å²) in [6.07, 6.45) is 9.53. The van der Waals surface area contributed by atoms with Crippen LogP contribution in [0, 0.1) is 22.2 Å². The topological polar surface area (TPSA) is 29.5 Å². The summed E-state index contributed by atoms with van der Waals surface area (Å²) < 4.78 is 0. The second kappa shape index (κ2) is 4.00. The smallest absolute Gasteiger partial charge is 0.252 e. The average Bonchev–Trinajstić information content (AvgIpc) is 2.34. The van der Waals surface area contributed by atoms with E-state index >= 15 is 0 Å². The van der Waals surface area contributed by atoms with E-state index in [2.05, 4.69) is 13.8 Å². The maximum absolute atomic E-state index is 13.1. The number of rotatable bonds is 1. The number of amides is 1. The summed E-state index contributed by atoms with van der Waals surface area (Å²) in [4.78, 5) is 18.8. The molecule has 0 aromatic rings. The lowest BCUT2D eigenvalue weighted by Gasteiger charge is -2.65. The standard InChI is InChI=1S/C17H27NO2/c1-15-7-13-8-16(2,10-15)12-17(9-13,11-15)14(19)18-5-3-4-6-20-18/h13H,3-12H2,1-2H3. The second-order valence-corrected chi connectivity index (χ2v) is 8.86. The lowest BCUT2D eigenvalue weighted by molar-refractivity contribution is -0.227. The fourth-order valence-electron chi connectivity index (χ4n) is 6.71. The quantitative estimate of drug-likeness (QED) is 0.733. The van der Waals surface area contributed by atoms with Crippen LogP contribution in [0.4, 0.5) is 0 Å². The summed E-state index contributed by atoms with van der Waals surface area (Å²) in [6.45, 7) is 6.38. The van der Waals surface area contributed by atoms with Crippen molar-refractivity contribution in [1.29, 1.82) is 0 Å². The first-order valence-corrected chi connectivity index (χ1v) is 8.37. The fourth-order valence-corrected chi connectivity index (χ4v) is 6.71. The Hall–Kier alpha value is -0.570. The molecule has 2 atom stereocenters. The van der Waals surface area contributed by atoms with Crippen LogP contribution < -0.4 is 0 Å². The number of hydrogen-bond donors (Lipinski definition) is 0. The minimum Gasteiger partial charge on any atom is -0.272 e. The van der Waals surface area contributed by atoms with Gasteiger partial charge in [-0.25, -0.2) is 5.06 Å². The van der Waals surface area contributed by atoms with E-state index in [0.29, 0.717) is 16.7 Å². The predicted molar refractivity (Wildman–Crippen MR) is 76.7 cm³/mol. The van der Waals surface area contributed by atoms with Gasteiger partial charge in [0.25, 0.3) is 5.91 Å². The fraction of sp³-hybridized carbons (Fsp3) is 0.941. The molecule has 20 heavy (non-hydrogen) atoms. The molecule has 0 aromatic heterocycles. The molecule has 3 nitrogen and oxygen atoms in total. The molecule has 0 N–H and O–H groups in total. The molecule has 1 heterocycles. The third-order valence-corrected chi connectivity index (χ3v) is 6.31. The Labute approximate surface area is 122 Å². The molecular formula is C17H27NO2. The Morgan fingerprint density at radius 2 is 1.75 bits per heavy atom. The Bertz CT molecular complexity index is 422. The van der Waals surface area contributed by atoms with Crippen molar-refractivity contribution in [3.05, 3.63) is 0 Å². The highest BCUT2D eigenvalue weighted by molar-refractivity contribution is 5.82. The average molecular weight is 277 g/mol. The van der Waals surface area contributed by atoms with Gasteiger partial charge < -0.3 is 0 Å². The van der Waals surface area contributed by atoms with E-state index in [1.807, 2.05) is 0 Å². The van der Waals surface area contributed by atoms with E-state index < -0.39 is 0 Å². The van der Waals surface area contributed by atoms with E-state index in [9.17, 15) is 4.79 Å². The van der Waals surface area contributed by atoms with Gasteiger partial charge in [-0.1, -0.05) is 13.8 Å². The van der Waals surface area contributed by atoms with Crippen LogP contribution >= 0.6 is 0 Å². The van der Waals surface area contributed by atoms with Gasteiger partial charge in [0, 0.05) is 6.54 Å².